The average Bonchev–Trinajstić information content (AvgIpc) is 2.95. The maximum atomic E-state index is 12.4. The Hall–Kier alpha value is -0.620. The molecule has 0 unspecified atom stereocenters. The Labute approximate surface area is 128 Å². The third kappa shape index (κ3) is 3.17. The molecule has 1 aromatic heterocycles. The van der Waals surface area contributed by atoms with Crippen molar-refractivity contribution in [2.75, 3.05) is 30.9 Å². The number of hydrogen-bond acceptors (Lipinski definition) is 4. The van der Waals surface area contributed by atoms with E-state index in [1.54, 1.807) is 0 Å². The quantitative estimate of drug-likeness (QED) is 0.852. The van der Waals surface area contributed by atoms with Crippen molar-refractivity contribution in [3.63, 3.8) is 0 Å². The van der Waals surface area contributed by atoms with Crippen molar-refractivity contribution in [2.24, 2.45) is 5.92 Å². The van der Waals surface area contributed by atoms with Crippen LogP contribution in [0.5, 0.6) is 0 Å². The minimum atomic E-state index is 0.171. The van der Waals surface area contributed by atoms with E-state index in [2.05, 4.69) is 15.7 Å². The maximum absolute atomic E-state index is 12.4. The number of carbonyl (C=O) groups excluding carboxylic acids is 1. The van der Waals surface area contributed by atoms with Gasteiger partial charge in [-0.25, -0.2) is 4.98 Å². The first-order chi connectivity index (χ1) is 9.74. The van der Waals surface area contributed by atoms with Crippen LogP contribution in [0.25, 0.3) is 0 Å². The van der Waals surface area contributed by atoms with Gasteiger partial charge >= 0.3 is 0 Å². The van der Waals surface area contributed by atoms with E-state index in [0.717, 1.165) is 37.4 Å². The molecule has 6 heteroatoms. The van der Waals surface area contributed by atoms with Gasteiger partial charge in [0.1, 0.15) is 5.82 Å². The first-order valence-electron chi connectivity index (χ1n) is 7.18. The summed E-state index contributed by atoms with van der Waals surface area (Å²) in [5.74, 6) is 5.31. The zero-order valence-electron chi connectivity index (χ0n) is 11.8. The highest BCUT2D eigenvalue weighted by atomic mass is 32.2. The first-order valence-corrected chi connectivity index (χ1v) is 9.38. The van der Waals surface area contributed by atoms with E-state index in [1.165, 1.54) is 11.6 Å². The van der Waals surface area contributed by atoms with Crippen molar-refractivity contribution in [1.29, 1.82) is 0 Å². The van der Waals surface area contributed by atoms with Gasteiger partial charge in [0.25, 0.3) is 0 Å². The highest BCUT2D eigenvalue weighted by molar-refractivity contribution is 8.07. The third-order valence-electron chi connectivity index (χ3n) is 4.05. The molecule has 1 aromatic rings. The first kappa shape index (κ1) is 14.3. The highest BCUT2D eigenvalue weighted by Gasteiger charge is 2.27. The molecule has 0 radical (unpaired) electrons. The Bertz CT molecular complexity index is 471. The standard InChI is InChI=1S/C14H21N3OS2/c1-16(14(18)12-10-19-6-7-20-12)9-11-2-4-17-5-3-15-13(17)8-11/h3,5,11-12H,2,4,6-10H2,1H3/t11-,12+/m1/s1. The molecule has 0 aliphatic carbocycles. The summed E-state index contributed by atoms with van der Waals surface area (Å²) in [6.07, 6.45) is 6.07. The Morgan fingerprint density at radius 3 is 3.25 bits per heavy atom. The minimum absolute atomic E-state index is 0.171. The molecular weight excluding hydrogens is 290 g/mol. The van der Waals surface area contributed by atoms with Gasteiger partial charge in [-0.1, -0.05) is 0 Å². The topological polar surface area (TPSA) is 38.1 Å². The number of imidazole rings is 1. The third-order valence-corrected chi connectivity index (χ3v) is 6.79. The van der Waals surface area contributed by atoms with Gasteiger partial charge in [-0.15, -0.1) is 11.8 Å². The lowest BCUT2D eigenvalue weighted by Gasteiger charge is -2.30. The van der Waals surface area contributed by atoms with Crippen LogP contribution >= 0.6 is 23.5 Å². The number of nitrogens with zero attached hydrogens (tertiary/aromatic N) is 3. The molecule has 1 amide bonds. The molecule has 1 saturated heterocycles. The predicted molar refractivity (Wildman–Crippen MR) is 85.2 cm³/mol. The lowest BCUT2D eigenvalue weighted by atomic mass is 9.97. The molecule has 2 aliphatic rings. The normalized spacial score (nSPS) is 26.1. The second kappa shape index (κ2) is 6.43. The molecule has 0 spiro atoms. The number of thioether (sulfide) groups is 2. The van der Waals surface area contributed by atoms with Crippen molar-refractivity contribution in [3.8, 4) is 0 Å². The fourth-order valence-electron chi connectivity index (χ4n) is 2.92. The van der Waals surface area contributed by atoms with Crippen molar-refractivity contribution in [1.82, 2.24) is 14.5 Å². The van der Waals surface area contributed by atoms with E-state index in [1.807, 2.05) is 41.7 Å². The molecule has 0 aromatic carbocycles. The molecular formula is C14H21N3OS2. The SMILES string of the molecule is CN(C[C@@H]1CCn2ccnc2C1)C(=O)[C@@H]1CSCCS1. The molecule has 2 aliphatic heterocycles. The molecule has 0 bridgehead atoms. The molecule has 110 valence electrons. The molecule has 3 heterocycles. The smallest absolute Gasteiger partial charge is 0.236 e. The largest absolute Gasteiger partial charge is 0.344 e. The molecule has 0 saturated carbocycles. The van der Waals surface area contributed by atoms with E-state index in [4.69, 9.17) is 0 Å². The van der Waals surface area contributed by atoms with Crippen LogP contribution in [-0.4, -0.2) is 56.5 Å². The van der Waals surface area contributed by atoms with Crippen molar-refractivity contribution in [3.05, 3.63) is 18.2 Å². The molecule has 3 rings (SSSR count). The van der Waals surface area contributed by atoms with E-state index >= 15 is 0 Å². The monoisotopic (exact) mass is 311 g/mol. The van der Waals surface area contributed by atoms with E-state index < -0.39 is 0 Å². The predicted octanol–water partition coefficient (Wildman–Crippen LogP) is 1.75. The number of aromatic nitrogens is 2. The average molecular weight is 311 g/mol. The summed E-state index contributed by atoms with van der Waals surface area (Å²) in [7, 11) is 1.96. The second-order valence-corrected chi connectivity index (χ2v) is 8.01. The fraction of sp³-hybridized carbons (Fsp3) is 0.714. The van der Waals surface area contributed by atoms with Crippen LogP contribution in [-0.2, 0) is 17.8 Å². The summed E-state index contributed by atoms with van der Waals surface area (Å²) in [6.45, 7) is 1.91. The highest BCUT2D eigenvalue weighted by Crippen LogP contribution is 2.26. The van der Waals surface area contributed by atoms with Gasteiger partial charge in [0.2, 0.25) is 5.91 Å². The molecule has 1 fully saturated rings. The zero-order valence-corrected chi connectivity index (χ0v) is 13.5. The van der Waals surface area contributed by atoms with Gasteiger partial charge in [0.15, 0.2) is 0 Å². The lowest BCUT2D eigenvalue weighted by Crippen LogP contribution is -2.41. The van der Waals surface area contributed by atoms with Crippen molar-refractivity contribution >= 4 is 29.4 Å². The Morgan fingerprint density at radius 1 is 1.55 bits per heavy atom. The van der Waals surface area contributed by atoms with Crippen LogP contribution in [0, 0.1) is 5.92 Å². The molecule has 4 nitrogen and oxygen atoms in total. The number of rotatable bonds is 3. The number of hydrogen-bond donors (Lipinski definition) is 0. The van der Waals surface area contributed by atoms with Crippen LogP contribution in [0.4, 0.5) is 0 Å². The van der Waals surface area contributed by atoms with Crippen LogP contribution in [0.3, 0.4) is 0 Å². The van der Waals surface area contributed by atoms with Crippen LogP contribution in [0.2, 0.25) is 0 Å². The second-order valence-electron chi connectivity index (χ2n) is 5.55. The van der Waals surface area contributed by atoms with Crippen LogP contribution < -0.4 is 0 Å². The van der Waals surface area contributed by atoms with E-state index in [9.17, 15) is 4.79 Å². The van der Waals surface area contributed by atoms with Gasteiger partial charge < -0.3 is 9.47 Å². The van der Waals surface area contributed by atoms with Gasteiger partial charge in [-0.3, -0.25) is 4.79 Å². The van der Waals surface area contributed by atoms with Crippen molar-refractivity contribution in [2.45, 2.75) is 24.6 Å². The number of amides is 1. The van der Waals surface area contributed by atoms with Gasteiger partial charge in [0, 0.05) is 56.2 Å². The number of fused-ring (bicyclic) bond motifs is 1. The van der Waals surface area contributed by atoms with Crippen LogP contribution in [0.15, 0.2) is 12.4 Å². The van der Waals surface area contributed by atoms with Crippen LogP contribution in [0.1, 0.15) is 12.2 Å². The summed E-state index contributed by atoms with van der Waals surface area (Å²) in [4.78, 5) is 18.8. The molecule has 0 N–H and O–H groups in total. The summed E-state index contributed by atoms with van der Waals surface area (Å²) in [6, 6.07) is 0. The van der Waals surface area contributed by atoms with Gasteiger partial charge in [0.05, 0.1) is 5.25 Å². The zero-order chi connectivity index (χ0) is 13.9. The Balaban J connectivity index is 1.54. The summed E-state index contributed by atoms with van der Waals surface area (Å²) < 4.78 is 2.23. The Morgan fingerprint density at radius 2 is 2.45 bits per heavy atom. The Kier molecular flexibility index (Phi) is 4.61. The number of carbonyl (C=O) groups is 1. The lowest BCUT2D eigenvalue weighted by molar-refractivity contribution is -0.129. The van der Waals surface area contributed by atoms with E-state index in [-0.39, 0.29) is 5.25 Å². The maximum Gasteiger partial charge on any atom is 0.236 e. The van der Waals surface area contributed by atoms with Gasteiger partial charge in [-0.05, 0) is 12.3 Å². The summed E-state index contributed by atoms with van der Waals surface area (Å²) >= 11 is 3.73. The molecule has 2 atom stereocenters. The van der Waals surface area contributed by atoms with E-state index in [0.29, 0.717) is 11.8 Å². The number of aryl methyl sites for hydroxylation is 1. The van der Waals surface area contributed by atoms with Crippen molar-refractivity contribution < 1.29 is 4.79 Å². The molecule has 20 heavy (non-hydrogen) atoms. The minimum Gasteiger partial charge on any atom is -0.344 e. The summed E-state index contributed by atoms with van der Waals surface area (Å²) in [5.41, 5.74) is 0. The van der Waals surface area contributed by atoms with Gasteiger partial charge in [-0.2, -0.15) is 11.8 Å². The fourth-order valence-corrected chi connectivity index (χ4v) is 5.59. The summed E-state index contributed by atoms with van der Waals surface area (Å²) in [5, 5.41) is 0.171.